The Morgan fingerprint density at radius 3 is 1.88 bits per heavy atom. The molecule has 0 aliphatic heterocycles. The number of rotatable bonds is 14. The molecule has 1 fully saturated rings. The minimum Gasteiger partial charge on any atom is -0.481 e. The fraction of sp³-hybridized carbons (Fsp3) is 0.773. The van der Waals surface area contributed by atoms with E-state index in [0.29, 0.717) is 6.42 Å². The second-order valence-corrected chi connectivity index (χ2v) is 7.60. The van der Waals surface area contributed by atoms with Gasteiger partial charge in [0, 0.05) is 6.42 Å². The first-order valence-corrected chi connectivity index (χ1v) is 10.4. The molecule has 1 rings (SSSR count). The highest BCUT2D eigenvalue weighted by molar-refractivity contribution is 5.66. The van der Waals surface area contributed by atoms with Crippen LogP contribution in [0.25, 0.3) is 0 Å². The van der Waals surface area contributed by atoms with Gasteiger partial charge in [-0.05, 0) is 63.2 Å². The maximum atomic E-state index is 10.4. The van der Waals surface area contributed by atoms with Crippen LogP contribution in [0.2, 0.25) is 0 Å². The molecule has 0 aromatic carbocycles. The van der Waals surface area contributed by atoms with Gasteiger partial charge in [-0.1, -0.05) is 50.5 Å². The van der Waals surface area contributed by atoms with E-state index >= 15 is 0 Å². The van der Waals surface area contributed by atoms with Crippen molar-refractivity contribution in [2.24, 2.45) is 11.8 Å². The van der Waals surface area contributed by atoms with Crippen LogP contribution in [-0.4, -0.2) is 33.5 Å². The number of aliphatic hydroxyl groups excluding tert-OH is 2. The maximum Gasteiger partial charge on any atom is 0.303 e. The van der Waals surface area contributed by atoms with Crippen LogP contribution in [-0.2, 0) is 4.79 Å². The Balaban J connectivity index is 2.28. The zero-order chi connectivity index (χ0) is 19.2. The van der Waals surface area contributed by atoms with E-state index in [4.69, 9.17) is 5.11 Å². The first-order valence-electron chi connectivity index (χ1n) is 10.4. The van der Waals surface area contributed by atoms with E-state index in [1.807, 2.05) is 0 Å². The molecule has 150 valence electrons. The lowest BCUT2D eigenvalue weighted by Crippen LogP contribution is -2.21. The molecule has 0 spiro atoms. The molecule has 0 bridgehead atoms. The van der Waals surface area contributed by atoms with Crippen LogP contribution in [0, 0.1) is 11.8 Å². The van der Waals surface area contributed by atoms with Gasteiger partial charge in [-0.3, -0.25) is 4.79 Å². The second-order valence-electron chi connectivity index (χ2n) is 7.60. The van der Waals surface area contributed by atoms with Crippen LogP contribution in [0.4, 0.5) is 0 Å². The molecule has 1 saturated carbocycles. The predicted octanol–water partition coefficient (Wildman–Crippen LogP) is 4.85. The van der Waals surface area contributed by atoms with Gasteiger partial charge in [0.05, 0.1) is 12.2 Å². The average molecular weight is 367 g/mol. The molecule has 0 aromatic rings. The van der Waals surface area contributed by atoms with Gasteiger partial charge in [-0.25, -0.2) is 0 Å². The molecule has 1 aliphatic carbocycles. The predicted molar refractivity (Wildman–Crippen MR) is 106 cm³/mol. The molecule has 4 heteroatoms. The van der Waals surface area contributed by atoms with Crippen molar-refractivity contribution in [3.05, 3.63) is 24.3 Å². The summed E-state index contributed by atoms with van der Waals surface area (Å²) in [7, 11) is 0. The van der Waals surface area contributed by atoms with Crippen LogP contribution in [0.15, 0.2) is 24.3 Å². The molecule has 0 amide bonds. The first-order chi connectivity index (χ1) is 12.6. The molecule has 4 nitrogen and oxygen atoms in total. The molecule has 3 N–H and O–H groups in total. The number of aliphatic carboxylic acids is 1. The van der Waals surface area contributed by atoms with Gasteiger partial charge < -0.3 is 15.3 Å². The molecule has 4 atom stereocenters. The molecule has 0 saturated heterocycles. The largest absolute Gasteiger partial charge is 0.481 e. The van der Waals surface area contributed by atoms with Crippen LogP contribution in [0.5, 0.6) is 0 Å². The van der Waals surface area contributed by atoms with Crippen molar-refractivity contribution >= 4 is 5.97 Å². The smallest absolute Gasteiger partial charge is 0.303 e. The quantitative estimate of drug-likeness (QED) is 0.303. The molecule has 26 heavy (non-hydrogen) atoms. The molecule has 0 aromatic heterocycles. The third kappa shape index (κ3) is 9.54. The minimum atomic E-state index is -0.722. The third-order valence-corrected chi connectivity index (χ3v) is 5.41. The summed E-state index contributed by atoms with van der Waals surface area (Å²) in [5.41, 5.74) is 0. The maximum absolute atomic E-state index is 10.4. The van der Waals surface area contributed by atoms with E-state index < -0.39 is 18.2 Å². The molecular weight excluding hydrogens is 328 g/mol. The van der Waals surface area contributed by atoms with E-state index in [1.165, 1.54) is 19.3 Å². The SMILES string of the molecule is CCCCCC=CCC1C(O)CC(O)C1CC=CCCCCCC(=O)O. The lowest BCUT2D eigenvalue weighted by molar-refractivity contribution is -0.137. The topological polar surface area (TPSA) is 77.8 Å². The van der Waals surface area contributed by atoms with E-state index in [9.17, 15) is 15.0 Å². The lowest BCUT2D eigenvalue weighted by Gasteiger charge is -2.21. The Hall–Kier alpha value is -1.13. The highest BCUT2D eigenvalue weighted by Gasteiger charge is 2.39. The molecule has 1 aliphatic rings. The Morgan fingerprint density at radius 2 is 1.38 bits per heavy atom. The van der Waals surface area contributed by atoms with E-state index in [0.717, 1.165) is 44.9 Å². The van der Waals surface area contributed by atoms with Gasteiger partial charge in [0.1, 0.15) is 0 Å². The van der Waals surface area contributed by atoms with Crippen molar-refractivity contribution in [2.75, 3.05) is 0 Å². The summed E-state index contributed by atoms with van der Waals surface area (Å²) in [5, 5.41) is 29.1. The molecule has 0 heterocycles. The Bertz CT molecular complexity index is 430. The Kier molecular flexibility index (Phi) is 12.3. The number of carbonyl (C=O) groups is 1. The van der Waals surface area contributed by atoms with Crippen molar-refractivity contribution in [1.82, 2.24) is 0 Å². The monoisotopic (exact) mass is 366 g/mol. The van der Waals surface area contributed by atoms with Gasteiger partial charge >= 0.3 is 5.97 Å². The zero-order valence-corrected chi connectivity index (χ0v) is 16.4. The molecule has 4 unspecified atom stereocenters. The minimum absolute atomic E-state index is 0.133. The number of aliphatic hydroxyl groups is 2. The first kappa shape index (κ1) is 22.9. The summed E-state index contributed by atoms with van der Waals surface area (Å²) < 4.78 is 0. The van der Waals surface area contributed by atoms with Gasteiger partial charge in [-0.15, -0.1) is 0 Å². The van der Waals surface area contributed by atoms with Crippen molar-refractivity contribution < 1.29 is 20.1 Å². The van der Waals surface area contributed by atoms with Gasteiger partial charge in [-0.2, -0.15) is 0 Å². The number of hydrogen-bond donors (Lipinski definition) is 3. The summed E-state index contributed by atoms with van der Waals surface area (Å²) in [6.45, 7) is 2.20. The summed E-state index contributed by atoms with van der Waals surface area (Å²) in [6.07, 6.45) is 18.7. The fourth-order valence-electron chi connectivity index (χ4n) is 3.80. The van der Waals surface area contributed by atoms with Crippen molar-refractivity contribution in [1.29, 1.82) is 0 Å². The Labute approximate surface area is 159 Å². The molecular formula is C22H38O4. The van der Waals surface area contributed by atoms with Gasteiger partial charge in [0.2, 0.25) is 0 Å². The zero-order valence-electron chi connectivity index (χ0n) is 16.4. The summed E-state index contributed by atoms with van der Waals surface area (Å²) in [4.78, 5) is 10.4. The number of carboxylic acids is 1. The van der Waals surface area contributed by atoms with E-state index in [-0.39, 0.29) is 18.3 Å². The van der Waals surface area contributed by atoms with Crippen molar-refractivity contribution in [3.63, 3.8) is 0 Å². The summed E-state index contributed by atoms with van der Waals surface area (Å²) in [6, 6.07) is 0. The second kappa shape index (κ2) is 14.0. The normalized spacial score (nSPS) is 26.3. The van der Waals surface area contributed by atoms with E-state index in [1.54, 1.807) is 0 Å². The number of hydrogen-bond acceptors (Lipinski definition) is 3. The Morgan fingerprint density at radius 1 is 0.846 bits per heavy atom. The number of unbranched alkanes of at least 4 members (excludes halogenated alkanes) is 6. The van der Waals surface area contributed by atoms with Gasteiger partial charge in [0.25, 0.3) is 0 Å². The number of carboxylic acid groups (broad SMARTS) is 1. The highest BCUT2D eigenvalue weighted by atomic mass is 16.4. The van der Waals surface area contributed by atoms with Crippen LogP contribution < -0.4 is 0 Å². The molecule has 0 radical (unpaired) electrons. The third-order valence-electron chi connectivity index (χ3n) is 5.41. The number of allylic oxidation sites excluding steroid dienone is 4. The van der Waals surface area contributed by atoms with E-state index in [2.05, 4.69) is 31.2 Å². The van der Waals surface area contributed by atoms with Crippen molar-refractivity contribution in [2.45, 2.75) is 96.2 Å². The lowest BCUT2D eigenvalue weighted by atomic mass is 9.87. The van der Waals surface area contributed by atoms with Crippen LogP contribution >= 0.6 is 0 Å². The average Bonchev–Trinajstić information content (AvgIpc) is 2.86. The standard InChI is InChI=1S/C22H38O4/c1-2-3-4-5-8-11-14-18-19(21(24)17-20(18)23)15-12-9-6-7-10-13-16-22(25)26/h8-9,11-12,18-21,23-24H,2-7,10,13-17H2,1H3,(H,25,26). The highest BCUT2D eigenvalue weighted by Crippen LogP contribution is 2.37. The van der Waals surface area contributed by atoms with Crippen molar-refractivity contribution in [3.8, 4) is 0 Å². The summed E-state index contributed by atoms with van der Waals surface area (Å²) >= 11 is 0. The van der Waals surface area contributed by atoms with Crippen LogP contribution in [0.1, 0.15) is 84.0 Å². The fourth-order valence-corrected chi connectivity index (χ4v) is 3.80. The van der Waals surface area contributed by atoms with Gasteiger partial charge in [0.15, 0.2) is 0 Å². The summed E-state index contributed by atoms with van der Waals surface area (Å²) in [5.74, 6) is -0.444. The van der Waals surface area contributed by atoms with Crippen LogP contribution in [0.3, 0.4) is 0 Å².